The quantitative estimate of drug-likeness (QED) is 0.202. The summed E-state index contributed by atoms with van der Waals surface area (Å²) in [6.45, 7) is 7.78. The Hall–Kier alpha value is -2.87. The van der Waals surface area contributed by atoms with Crippen LogP contribution in [-0.2, 0) is 28.8 Å². The van der Waals surface area contributed by atoms with E-state index < -0.39 is 40.5 Å². The molecule has 0 N–H and O–H groups in total. The van der Waals surface area contributed by atoms with E-state index in [1.54, 1.807) is 17.9 Å². The van der Waals surface area contributed by atoms with E-state index in [1.165, 1.54) is 19.3 Å². The van der Waals surface area contributed by atoms with Gasteiger partial charge in [0.1, 0.15) is 5.78 Å². The minimum atomic E-state index is -0.919. The van der Waals surface area contributed by atoms with E-state index in [-0.39, 0.29) is 61.0 Å². The number of rotatable bonds is 13. The number of ketones is 4. The number of hydrogen-bond acceptors (Lipinski definition) is 7. The van der Waals surface area contributed by atoms with Gasteiger partial charge < -0.3 is 9.74 Å². The second-order valence-electron chi connectivity index (χ2n) is 16.6. The Labute approximate surface area is 289 Å². The van der Waals surface area contributed by atoms with E-state index >= 15 is 0 Å². The predicted octanol–water partition coefficient (Wildman–Crippen LogP) is 7.32. The number of Topliss-reactive ketones (excluding diaryl/α,β-unsaturated/α-hetero) is 4. The van der Waals surface area contributed by atoms with E-state index in [0.29, 0.717) is 29.5 Å². The smallest absolute Gasteiger partial charge is 0.227 e. The molecule has 260 valence electrons. The Bertz CT molecular complexity index is 1500. The Balaban J connectivity index is 1.25. The average Bonchev–Trinajstić information content (AvgIpc) is 3.92. The third-order valence-electron chi connectivity index (χ3n) is 12.0. The fourth-order valence-electron chi connectivity index (χ4n) is 8.74. The van der Waals surface area contributed by atoms with Crippen LogP contribution in [0.2, 0.25) is 5.02 Å². The topological polar surface area (TPSA) is 110 Å². The van der Waals surface area contributed by atoms with Crippen molar-refractivity contribution >= 4 is 46.4 Å². The molecular weight excluding hydrogens is 628 g/mol. The van der Waals surface area contributed by atoms with Crippen molar-refractivity contribution in [3.8, 4) is 0 Å². The number of carbonyl (C=O) groups excluding carboxylic acids is 5. The van der Waals surface area contributed by atoms with E-state index in [1.807, 2.05) is 39.0 Å². The number of benzene rings is 1. The fraction of sp³-hybridized carbons (Fsp3) is 0.692. The summed E-state index contributed by atoms with van der Waals surface area (Å²) in [6.07, 6.45) is 9.97. The van der Waals surface area contributed by atoms with Gasteiger partial charge in [-0.25, -0.2) is 0 Å². The molecule has 8 nitrogen and oxygen atoms in total. The summed E-state index contributed by atoms with van der Waals surface area (Å²) < 4.78 is 0. The highest BCUT2D eigenvalue weighted by molar-refractivity contribution is 6.38. The summed E-state index contributed by atoms with van der Waals surface area (Å²) in [5, 5.41) is 4.99. The van der Waals surface area contributed by atoms with Gasteiger partial charge in [-0.15, -0.1) is 0 Å². The molecule has 3 aliphatic carbocycles. The number of amides is 1. The van der Waals surface area contributed by atoms with Crippen molar-refractivity contribution < 1.29 is 28.8 Å². The third kappa shape index (κ3) is 7.34. The molecule has 0 unspecified atom stereocenters. The van der Waals surface area contributed by atoms with Gasteiger partial charge in [0.25, 0.3) is 0 Å². The van der Waals surface area contributed by atoms with Gasteiger partial charge in [-0.1, -0.05) is 88.7 Å². The van der Waals surface area contributed by atoms with Crippen LogP contribution in [0, 0.1) is 34.5 Å². The monoisotopic (exact) mass is 678 g/mol. The minimum Gasteiger partial charge on any atom is -0.387 e. The van der Waals surface area contributed by atoms with Gasteiger partial charge in [-0.3, -0.25) is 24.0 Å². The lowest BCUT2D eigenvalue weighted by atomic mass is 9.75. The Morgan fingerprint density at radius 2 is 1.75 bits per heavy atom. The van der Waals surface area contributed by atoms with Crippen molar-refractivity contribution in [1.82, 2.24) is 4.90 Å². The molecular formula is C39H51ClN2O6. The number of halogens is 1. The maximum atomic E-state index is 14.7. The second-order valence-corrected chi connectivity index (χ2v) is 17.1. The van der Waals surface area contributed by atoms with E-state index in [2.05, 4.69) is 5.16 Å². The van der Waals surface area contributed by atoms with Gasteiger partial charge >= 0.3 is 0 Å². The SMILES string of the molecule is CCC(=O)C(=O)[C@@H](CC(=O)[C@@H]1C[C@]2(CC(c3cccc(Cl)c3)=NO2)CN1C(=O)[C@@H](CC(=O)[C@@H]1CC12CCCCC2)C(C)(C)C)CC1CC1. The van der Waals surface area contributed by atoms with Crippen LogP contribution in [0.15, 0.2) is 29.4 Å². The molecule has 2 spiro atoms. The molecule has 4 fully saturated rings. The number of carbonyl (C=O) groups is 5. The highest BCUT2D eigenvalue weighted by Crippen LogP contribution is 2.62. The first-order chi connectivity index (χ1) is 22.7. The molecule has 2 aliphatic heterocycles. The summed E-state index contributed by atoms with van der Waals surface area (Å²) in [5.41, 5.74) is 0.198. The summed E-state index contributed by atoms with van der Waals surface area (Å²) in [6, 6.07) is 6.52. The molecule has 0 aromatic heterocycles. The zero-order valence-electron chi connectivity index (χ0n) is 29.0. The van der Waals surface area contributed by atoms with Crippen LogP contribution in [0.5, 0.6) is 0 Å². The van der Waals surface area contributed by atoms with Crippen molar-refractivity contribution in [2.45, 2.75) is 129 Å². The van der Waals surface area contributed by atoms with Crippen molar-refractivity contribution in [2.75, 3.05) is 6.54 Å². The summed E-state index contributed by atoms with van der Waals surface area (Å²) >= 11 is 6.27. The molecule has 48 heavy (non-hydrogen) atoms. The molecule has 6 rings (SSSR count). The lowest BCUT2D eigenvalue weighted by Crippen LogP contribution is -2.48. The fourth-order valence-corrected chi connectivity index (χ4v) is 8.93. The van der Waals surface area contributed by atoms with E-state index in [0.717, 1.165) is 37.7 Å². The highest BCUT2D eigenvalue weighted by Gasteiger charge is 2.59. The van der Waals surface area contributed by atoms with Crippen LogP contribution < -0.4 is 0 Å². The normalized spacial score (nSPS) is 27.4. The average molecular weight is 679 g/mol. The van der Waals surface area contributed by atoms with Gasteiger partial charge in [0.05, 0.1) is 18.3 Å². The van der Waals surface area contributed by atoms with Crippen LogP contribution in [0.4, 0.5) is 0 Å². The first kappa shape index (κ1) is 35.0. The van der Waals surface area contributed by atoms with E-state index in [9.17, 15) is 24.0 Å². The lowest BCUT2D eigenvalue weighted by molar-refractivity contribution is -0.147. The second kappa shape index (κ2) is 13.4. The largest absolute Gasteiger partial charge is 0.387 e. The molecule has 3 saturated carbocycles. The molecule has 9 heteroatoms. The maximum Gasteiger partial charge on any atom is 0.227 e. The number of nitrogens with zero attached hydrogens (tertiary/aromatic N) is 2. The van der Waals surface area contributed by atoms with Gasteiger partial charge in [-0.05, 0) is 54.6 Å². The molecule has 1 aromatic carbocycles. The van der Waals surface area contributed by atoms with Crippen molar-refractivity contribution in [2.24, 2.45) is 39.7 Å². The van der Waals surface area contributed by atoms with Crippen LogP contribution >= 0.6 is 11.6 Å². The zero-order chi connectivity index (χ0) is 34.4. The minimum absolute atomic E-state index is 0.0231. The molecule has 1 saturated heterocycles. The van der Waals surface area contributed by atoms with Gasteiger partial charge in [-0.2, -0.15) is 0 Å². The Kier molecular flexibility index (Phi) is 9.80. The van der Waals surface area contributed by atoms with E-state index in [4.69, 9.17) is 16.4 Å². The molecule has 5 aliphatic rings. The predicted molar refractivity (Wildman–Crippen MR) is 183 cm³/mol. The third-order valence-corrected chi connectivity index (χ3v) is 12.2. The molecule has 0 radical (unpaired) electrons. The van der Waals surface area contributed by atoms with Crippen molar-refractivity contribution in [3.05, 3.63) is 34.9 Å². The molecule has 0 bridgehead atoms. The van der Waals surface area contributed by atoms with Gasteiger partial charge in [0.15, 0.2) is 17.2 Å². The summed E-state index contributed by atoms with van der Waals surface area (Å²) in [7, 11) is 0. The zero-order valence-corrected chi connectivity index (χ0v) is 29.8. The molecule has 1 amide bonds. The molecule has 1 aromatic rings. The Morgan fingerprint density at radius 3 is 2.40 bits per heavy atom. The Morgan fingerprint density at radius 1 is 1.02 bits per heavy atom. The number of hydrogen-bond donors (Lipinski definition) is 0. The first-order valence-electron chi connectivity index (χ1n) is 18.2. The highest BCUT2D eigenvalue weighted by atomic mass is 35.5. The first-order valence-corrected chi connectivity index (χ1v) is 18.6. The van der Waals surface area contributed by atoms with Crippen molar-refractivity contribution in [3.63, 3.8) is 0 Å². The van der Waals surface area contributed by atoms with Crippen LogP contribution in [0.3, 0.4) is 0 Å². The molecule has 2 heterocycles. The van der Waals surface area contributed by atoms with Crippen molar-refractivity contribution in [1.29, 1.82) is 0 Å². The maximum absolute atomic E-state index is 14.7. The van der Waals surface area contributed by atoms with Crippen LogP contribution in [0.25, 0.3) is 0 Å². The number of likely N-dealkylation sites (tertiary alicyclic amines) is 1. The van der Waals surface area contributed by atoms with Crippen LogP contribution in [0.1, 0.15) is 123 Å². The van der Waals surface area contributed by atoms with Gasteiger partial charge in [0, 0.05) is 60.4 Å². The standard InChI is InChI=1S/C39H51ClN2O6/c1-5-32(43)35(46)26(16-24-12-13-24)18-34(45)31-22-39(21-30(41-48-39)25-10-9-11-27(40)17-25)23-42(31)36(47)28(37(2,3)4)19-33(44)29-20-38(29)14-7-6-8-15-38/h9-11,17,24,26,28-29,31H,5-8,12-16,18-23H2,1-4H3/t26-,28-,29+,31+,39-/m1/s1. The summed E-state index contributed by atoms with van der Waals surface area (Å²) in [4.78, 5) is 76.3. The van der Waals surface area contributed by atoms with Gasteiger partial charge in [0.2, 0.25) is 11.7 Å². The summed E-state index contributed by atoms with van der Waals surface area (Å²) in [5.74, 6) is -2.15. The lowest BCUT2D eigenvalue weighted by Gasteiger charge is -2.35. The number of oxime groups is 1. The molecule has 5 atom stereocenters. The van der Waals surface area contributed by atoms with Crippen LogP contribution in [-0.4, -0.2) is 57.8 Å².